The van der Waals surface area contributed by atoms with Gasteiger partial charge in [-0.15, -0.1) is 0 Å². The highest BCUT2D eigenvalue weighted by Gasteiger charge is 2.45. The summed E-state index contributed by atoms with van der Waals surface area (Å²) >= 11 is 6.06. The quantitative estimate of drug-likeness (QED) is 0.793. The largest absolute Gasteiger partial charge is 0.495 e. The van der Waals surface area contributed by atoms with Crippen molar-refractivity contribution in [2.45, 2.75) is 18.9 Å². The second kappa shape index (κ2) is 6.08. The summed E-state index contributed by atoms with van der Waals surface area (Å²) in [6.07, 6.45) is 1.04. The maximum atomic E-state index is 13.1. The lowest BCUT2D eigenvalue weighted by atomic mass is 10.1. The smallest absolute Gasteiger partial charge is 0.257 e. The van der Waals surface area contributed by atoms with E-state index in [1.807, 2.05) is 23.1 Å². The van der Waals surface area contributed by atoms with Crippen molar-refractivity contribution < 1.29 is 14.3 Å². The molecule has 2 amide bonds. The number of ether oxygens (including phenoxy) is 1. The van der Waals surface area contributed by atoms with Gasteiger partial charge in [0.05, 0.1) is 19.2 Å². The van der Waals surface area contributed by atoms with Crippen LogP contribution in [-0.4, -0.2) is 31.5 Å². The summed E-state index contributed by atoms with van der Waals surface area (Å²) in [5, 5.41) is 0.450. The Morgan fingerprint density at radius 3 is 2.72 bits per heavy atom. The average molecular weight is 357 g/mol. The second-order valence-electron chi connectivity index (χ2n) is 6.18. The fourth-order valence-corrected chi connectivity index (χ4v) is 3.80. The van der Waals surface area contributed by atoms with Crippen molar-refractivity contribution in [2.24, 2.45) is 0 Å². The molecular weight excluding hydrogens is 340 g/mol. The van der Waals surface area contributed by atoms with Crippen LogP contribution in [-0.2, 0) is 16.0 Å². The number of methoxy groups -OCH3 is 1. The Hall–Kier alpha value is -2.53. The summed E-state index contributed by atoms with van der Waals surface area (Å²) in [4.78, 5) is 28.9. The van der Waals surface area contributed by atoms with E-state index in [2.05, 4.69) is 6.07 Å². The Morgan fingerprint density at radius 2 is 1.92 bits per heavy atom. The molecule has 0 bridgehead atoms. The molecule has 2 aliphatic heterocycles. The molecule has 2 aromatic rings. The number of fused-ring (bicyclic) bond motifs is 1. The molecule has 0 saturated carbocycles. The van der Waals surface area contributed by atoms with Gasteiger partial charge in [-0.1, -0.05) is 29.8 Å². The number of imide groups is 1. The van der Waals surface area contributed by atoms with Crippen molar-refractivity contribution in [2.75, 3.05) is 23.5 Å². The standard InChI is InChI=1S/C19H17ClN2O3/c1-25-17-7-6-13(20)10-15(17)22-18(23)11-16(19(22)24)21-9-8-12-4-2-3-5-14(12)21/h2-7,10,16H,8-9,11H2,1H3/t16-/m1/s1. The van der Waals surface area contributed by atoms with E-state index in [0.29, 0.717) is 16.5 Å². The van der Waals surface area contributed by atoms with Crippen LogP contribution in [0.1, 0.15) is 12.0 Å². The average Bonchev–Trinajstić information content (AvgIpc) is 3.15. The third-order valence-electron chi connectivity index (χ3n) is 4.80. The number of rotatable bonds is 3. The van der Waals surface area contributed by atoms with Gasteiger partial charge in [0.15, 0.2) is 0 Å². The Morgan fingerprint density at radius 1 is 1.12 bits per heavy atom. The van der Waals surface area contributed by atoms with Crippen molar-refractivity contribution in [1.82, 2.24) is 0 Å². The van der Waals surface area contributed by atoms with Crippen molar-refractivity contribution in [3.05, 3.63) is 53.1 Å². The molecule has 128 valence electrons. The minimum Gasteiger partial charge on any atom is -0.495 e. The third-order valence-corrected chi connectivity index (χ3v) is 5.04. The molecule has 0 unspecified atom stereocenters. The molecule has 0 aromatic heterocycles. The fourth-order valence-electron chi connectivity index (χ4n) is 3.64. The number of nitrogens with zero attached hydrogens (tertiary/aromatic N) is 2. The lowest BCUT2D eigenvalue weighted by Crippen LogP contribution is -2.41. The van der Waals surface area contributed by atoms with Gasteiger partial charge in [-0.05, 0) is 36.2 Å². The minimum atomic E-state index is -0.486. The van der Waals surface area contributed by atoms with Gasteiger partial charge in [-0.2, -0.15) is 0 Å². The molecule has 4 rings (SSSR count). The van der Waals surface area contributed by atoms with Crippen LogP contribution >= 0.6 is 11.6 Å². The van der Waals surface area contributed by atoms with Crippen molar-refractivity contribution in [3.8, 4) is 5.75 Å². The minimum absolute atomic E-state index is 0.156. The summed E-state index contributed by atoms with van der Waals surface area (Å²) in [6.45, 7) is 0.740. The number of halogens is 1. The number of para-hydroxylation sites is 1. The lowest BCUT2D eigenvalue weighted by Gasteiger charge is -2.25. The van der Waals surface area contributed by atoms with Crippen LogP contribution < -0.4 is 14.5 Å². The number of amides is 2. The zero-order valence-corrected chi connectivity index (χ0v) is 14.5. The van der Waals surface area contributed by atoms with E-state index in [0.717, 1.165) is 18.7 Å². The maximum Gasteiger partial charge on any atom is 0.257 e. The number of benzene rings is 2. The van der Waals surface area contributed by atoms with E-state index in [1.54, 1.807) is 18.2 Å². The van der Waals surface area contributed by atoms with E-state index in [9.17, 15) is 9.59 Å². The van der Waals surface area contributed by atoms with Crippen LogP contribution in [0.3, 0.4) is 0 Å². The molecule has 6 heteroatoms. The van der Waals surface area contributed by atoms with Crippen LogP contribution in [0.2, 0.25) is 5.02 Å². The predicted molar refractivity (Wildman–Crippen MR) is 96.4 cm³/mol. The van der Waals surface area contributed by atoms with E-state index < -0.39 is 6.04 Å². The molecule has 2 aliphatic rings. The molecule has 0 radical (unpaired) electrons. The van der Waals surface area contributed by atoms with Gasteiger partial charge in [0, 0.05) is 17.3 Å². The normalized spacial score (nSPS) is 19.5. The molecule has 1 atom stereocenters. The molecule has 2 aromatic carbocycles. The first-order valence-electron chi connectivity index (χ1n) is 8.15. The SMILES string of the molecule is COc1ccc(Cl)cc1N1C(=O)C[C@@H](N2CCc3ccccc32)C1=O. The molecular formula is C19H17ClN2O3. The van der Waals surface area contributed by atoms with Crippen molar-refractivity contribution in [3.63, 3.8) is 0 Å². The Bertz CT molecular complexity index is 867. The van der Waals surface area contributed by atoms with Gasteiger partial charge in [0.2, 0.25) is 5.91 Å². The highest BCUT2D eigenvalue weighted by Crippen LogP contribution is 2.38. The predicted octanol–water partition coefficient (Wildman–Crippen LogP) is 3.04. The van der Waals surface area contributed by atoms with E-state index in [-0.39, 0.29) is 18.2 Å². The van der Waals surface area contributed by atoms with Crippen LogP contribution in [0.15, 0.2) is 42.5 Å². The monoisotopic (exact) mass is 356 g/mol. The molecule has 5 nitrogen and oxygen atoms in total. The van der Waals surface area contributed by atoms with Crippen LogP contribution in [0.5, 0.6) is 5.75 Å². The van der Waals surface area contributed by atoms with Gasteiger partial charge < -0.3 is 9.64 Å². The number of carbonyl (C=O) groups is 2. The summed E-state index contributed by atoms with van der Waals surface area (Å²) in [7, 11) is 1.51. The Balaban J connectivity index is 1.69. The topological polar surface area (TPSA) is 49.9 Å². The molecule has 0 spiro atoms. The Kier molecular flexibility index (Phi) is 3.88. The molecule has 0 N–H and O–H groups in total. The first kappa shape index (κ1) is 16.0. The van der Waals surface area contributed by atoms with Crippen LogP contribution in [0.4, 0.5) is 11.4 Å². The number of hydrogen-bond acceptors (Lipinski definition) is 4. The third kappa shape index (κ3) is 2.55. The molecule has 1 saturated heterocycles. The Labute approximate surface area is 150 Å². The molecule has 1 fully saturated rings. The van der Waals surface area contributed by atoms with E-state index in [4.69, 9.17) is 16.3 Å². The van der Waals surface area contributed by atoms with Crippen molar-refractivity contribution in [1.29, 1.82) is 0 Å². The summed E-state index contributed by atoms with van der Waals surface area (Å²) in [5.41, 5.74) is 2.65. The van der Waals surface area contributed by atoms with Gasteiger partial charge in [0.25, 0.3) is 5.91 Å². The molecule has 0 aliphatic carbocycles. The zero-order chi connectivity index (χ0) is 17.6. The number of hydrogen-bond donors (Lipinski definition) is 0. The fraction of sp³-hybridized carbons (Fsp3) is 0.263. The second-order valence-corrected chi connectivity index (χ2v) is 6.61. The van der Waals surface area contributed by atoms with Crippen molar-refractivity contribution >= 4 is 34.8 Å². The van der Waals surface area contributed by atoms with E-state index >= 15 is 0 Å². The lowest BCUT2D eigenvalue weighted by molar-refractivity contribution is -0.121. The number of carbonyl (C=O) groups excluding carboxylic acids is 2. The van der Waals surface area contributed by atoms with E-state index in [1.165, 1.54) is 17.6 Å². The highest BCUT2D eigenvalue weighted by atomic mass is 35.5. The number of anilines is 2. The van der Waals surface area contributed by atoms with Crippen LogP contribution in [0.25, 0.3) is 0 Å². The maximum absolute atomic E-state index is 13.1. The van der Waals surface area contributed by atoms with Gasteiger partial charge in [-0.25, -0.2) is 4.90 Å². The molecule has 2 heterocycles. The van der Waals surface area contributed by atoms with Gasteiger partial charge >= 0.3 is 0 Å². The molecule has 25 heavy (non-hydrogen) atoms. The van der Waals surface area contributed by atoms with Gasteiger partial charge in [0.1, 0.15) is 11.8 Å². The zero-order valence-electron chi connectivity index (χ0n) is 13.7. The summed E-state index contributed by atoms with van der Waals surface area (Å²) < 4.78 is 5.31. The summed E-state index contributed by atoms with van der Waals surface area (Å²) in [6, 6.07) is 12.5. The first-order valence-corrected chi connectivity index (χ1v) is 8.53. The highest BCUT2D eigenvalue weighted by molar-refractivity contribution is 6.31. The van der Waals surface area contributed by atoms with Gasteiger partial charge in [-0.3, -0.25) is 9.59 Å². The first-order chi connectivity index (χ1) is 12.1. The summed E-state index contributed by atoms with van der Waals surface area (Å²) in [5.74, 6) is -0.0178. The van der Waals surface area contributed by atoms with Crippen LogP contribution in [0, 0.1) is 0 Å².